The van der Waals surface area contributed by atoms with Crippen LogP contribution >= 0.6 is 11.8 Å². The molecule has 0 rings (SSSR count). The van der Waals surface area contributed by atoms with Crippen molar-refractivity contribution >= 4 is 17.7 Å². The molecule has 0 bridgehead atoms. The molecular weight excluding hydrogens is 270 g/mol. The molecule has 0 aliphatic carbocycles. The number of rotatable bonds is 10. The van der Waals surface area contributed by atoms with E-state index >= 15 is 0 Å². The summed E-state index contributed by atoms with van der Waals surface area (Å²) in [6.45, 7) is 7.79. The standard InChI is InChI=1S/C14H26F2O2S/c1-10(2)9-12(14(17)18-11(3)4)19-8-6-5-7-13(15)16/h10-13H,5-9H2,1-4H3. The molecule has 0 amide bonds. The maximum atomic E-state index is 12.0. The van der Waals surface area contributed by atoms with Crippen molar-refractivity contribution < 1.29 is 18.3 Å². The smallest absolute Gasteiger partial charge is 0.319 e. The quantitative estimate of drug-likeness (QED) is 0.438. The van der Waals surface area contributed by atoms with Crippen LogP contribution in [-0.4, -0.2) is 29.5 Å². The van der Waals surface area contributed by atoms with Gasteiger partial charge in [0.05, 0.1) is 6.10 Å². The molecule has 19 heavy (non-hydrogen) atoms. The van der Waals surface area contributed by atoms with Gasteiger partial charge >= 0.3 is 5.97 Å². The maximum absolute atomic E-state index is 12.0. The lowest BCUT2D eigenvalue weighted by atomic mass is 10.1. The Morgan fingerprint density at radius 1 is 1.16 bits per heavy atom. The van der Waals surface area contributed by atoms with Gasteiger partial charge < -0.3 is 4.74 Å². The molecule has 1 unspecified atom stereocenters. The summed E-state index contributed by atoms with van der Waals surface area (Å²) >= 11 is 1.53. The third kappa shape index (κ3) is 11.2. The van der Waals surface area contributed by atoms with Gasteiger partial charge in [-0.3, -0.25) is 4.79 Å². The number of thioether (sulfide) groups is 1. The van der Waals surface area contributed by atoms with E-state index in [0.29, 0.717) is 12.3 Å². The zero-order valence-corrected chi connectivity index (χ0v) is 13.1. The van der Waals surface area contributed by atoms with E-state index in [1.54, 1.807) is 0 Å². The van der Waals surface area contributed by atoms with Crippen molar-refractivity contribution in [2.45, 2.75) is 71.2 Å². The molecule has 0 aromatic carbocycles. The highest BCUT2D eigenvalue weighted by Crippen LogP contribution is 2.23. The Morgan fingerprint density at radius 3 is 2.26 bits per heavy atom. The third-order valence-corrected chi connectivity index (χ3v) is 3.75. The van der Waals surface area contributed by atoms with E-state index in [2.05, 4.69) is 13.8 Å². The summed E-state index contributed by atoms with van der Waals surface area (Å²) in [5.41, 5.74) is 0. The number of hydrogen-bond acceptors (Lipinski definition) is 3. The van der Waals surface area contributed by atoms with Gasteiger partial charge in [0.25, 0.3) is 0 Å². The SMILES string of the molecule is CC(C)CC(SCCCCC(F)F)C(=O)OC(C)C. The molecule has 0 fully saturated rings. The van der Waals surface area contributed by atoms with Gasteiger partial charge in [-0.25, -0.2) is 8.78 Å². The van der Waals surface area contributed by atoms with Gasteiger partial charge in [-0.2, -0.15) is 0 Å². The number of alkyl halides is 2. The number of carbonyl (C=O) groups excluding carboxylic acids is 1. The molecule has 0 saturated heterocycles. The van der Waals surface area contributed by atoms with Crippen LogP contribution in [0.25, 0.3) is 0 Å². The third-order valence-electron chi connectivity index (χ3n) is 2.44. The van der Waals surface area contributed by atoms with Crippen molar-refractivity contribution in [2.24, 2.45) is 5.92 Å². The summed E-state index contributed by atoms with van der Waals surface area (Å²) in [6.07, 6.45) is -0.378. The number of unbranched alkanes of at least 4 members (excludes halogenated alkanes) is 1. The minimum absolute atomic E-state index is 0.0498. The van der Waals surface area contributed by atoms with Crippen molar-refractivity contribution in [3.05, 3.63) is 0 Å². The van der Waals surface area contributed by atoms with E-state index in [4.69, 9.17) is 4.74 Å². The molecule has 5 heteroatoms. The molecule has 114 valence electrons. The first kappa shape index (κ1) is 18.7. The molecule has 0 aromatic rings. The fourth-order valence-corrected chi connectivity index (χ4v) is 2.96. The molecule has 0 N–H and O–H groups in total. The van der Waals surface area contributed by atoms with E-state index in [0.717, 1.165) is 18.6 Å². The summed E-state index contributed by atoms with van der Waals surface area (Å²) in [5, 5.41) is -0.172. The van der Waals surface area contributed by atoms with Crippen molar-refractivity contribution in [3.8, 4) is 0 Å². The Kier molecular flexibility index (Phi) is 10.3. The second-order valence-electron chi connectivity index (χ2n) is 5.36. The molecule has 0 aliphatic heterocycles. The molecule has 0 saturated carbocycles. The molecule has 0 aromatic heterocycles. The van der Waals surface area contributed by atoms with E-state index in [1.165, 1.54) is 11.8 Å². The zero-order chi connectivity index (χ0) is 14.8. The Morgan fingerprint density at radius 2 is 1.79 bits per heavy atom. The van der Waals surface area contributed by atoms with Gasteiger partial charge in [0.1, 0.15) is 5.25 Å². The minimum Gasteiger partial charge on any atom is -0.462 e. The van der Waals surface area contributed by atoms with Crippen LogP contribution in [0.3, 0.4) is 0 Å². The van der Waals surface area contributed by atoms with Crippen LogP contribution in [0.2, 0.25) is 0 Å². The molecule has 0 aliphatic rings. The largest absolute Gasteiger partial charge is 0.462 e. The lowest BCUT2D eigenvalue weighted by molar-refractivity contribution is -0.147. The first-order valence-corrected chi connectivity index (χ1v) is 7.98. The first-order valence-electron chi connectivity index (χ1n) is 6.93. The predicted molar refractivity (Wildman–Crippen MR) is 76.8 cm³/mol. The Bertz CT molecular complexity index is 246. The summed E-state index contributed by atoms with van der Waals surface area (Å²) in [5.74, 6) is 0.970. The fourth-order valence-electron chi connectivity index (χ4n) is 1.59. The monoisotopic (exact) mass is 296 g/mol. The second-order valence-corrected chi connectivity index (χ2v) is 6.67. The van der Waals surface area contributed by atoms with Crippen LogP contribution in [0, 0.1) is 5.92 Å². The number of hydrogen-bond donors (Lipinski definition) is 0. The summed E-state index contributed by atoms with van der Waals surface area (Å²) < 4.78 is 29.2. The average molecular weight is 296 g/mol. The van der Waals surface area contributed by atoms with Crippen molar-refractivity contribution in [1.82, 2.24) is 0 Å². The zero-order valence-electron chi connectivity index (χ0n) is 12.3. The van der Waals surface area contributed by atoms with E-state index < -0.39 is 6.43 Å². The van der Waals surface area contributed by atoms with E-state index in [9.17, 15) is 13.6 Å². The van der Waals surface area contributed by atoms with Crippen LogP contribution in [0.5, 0.6) is 0 Å². The van der Waals surface area contributed by atoms with E-state index in [-0.39, 0.29) is 23.7 Å². The van der Waals surface area contributed by atoms with Gasteiger partial charge in [-0.15, -0.1) is 11.8 Å². The molecule has 1 atom stereocenters. The number of esters is 1. The number of ether oxygens (including phenoxy) is 1. The number of carbonyl (C=O) groups is 1. The van der Waals surface area contributed by atoms with Gasteiger partial charge in [0.2, 0.25) is 6.43 Å². The second kappa shape index (κ2) is 10.5. The van der Waals surface area contributed by atoms with Gasteiger partial charge in [-0.05, 0) is 44.8 Å². The minimum atomic E-state index is -2.22. The fraction of sp³-hybridized carbons (Fsp3) is 0.929. The Hall–Kier alpha value is -0.320. The van der Waals surface area contributed by atoms with Crippen molar-refractivity contribution in [3.63, 3.8) is 0 Å². The highest BCUT2D eigenvalue weighted by molar-refractivity contribution is 8.00. The Balaban J connectivity index is 4.02. The molecule has 2 nitrogen and oxygen atoms in total. The van der Waals surface area contributed by atoms with E-state index in [1.807, 2.05) is 13.8 Å². The van der Waals surface area contributed by atoms with Crippen LogP contribution in [0.1, 0.15) is 53.4 Å². The lowest BCUT2D eigenvalue weighted by Crippen LogP contribution is -2.25. The summed E-state index contributed by atoms with van der Waals surface area (Å²) in [7, 11) is 0. The van der Waals surface area contributed by atoms with Crippen LogP contribution in [0.4, 0.5) is 8.78 Å². The topological polar surface area (TPSA) is 26.3 Å². The van der Waals surface area contributed by atoms with Crippen LogP contribution < -0.4 is 0 Å². The van der Waals surface area contributed by atoms with Gasteiger partial charge in [0.15, 0.2) is 0 Å². The van der Waals surface area contributed by atoms with Crippen LogP contribution in [0.15, 0.2) is 0 Å². The molecule has 0 heterocycles. The van der Waals surface area contributed by atoms with Gasteiger partial charge in [0, 0.05) is 6.42 Å². The molecule has 0 spiro atoms. The highest BCUT2D eigenvalue weighted by Gasteiger charge is 2.22. The summed E-state index contributed by atoms with van der Waals surface area (Å²) in [4.78, 5) is 11.9. The normalized spacial score (nSPS) is 13.3. The van der Waals surface area contributed by atoms with Crippen molar-refractivity contribution in [2.75, 3.05) is 5.75 Å². The molecular formula is C14H26F2O2S. The van der Waals surface area contributed by atoms with Crippen molar-refractivity contribution in [1.29, 1.82) is 0 Å². The average Bonchev–Trinajstić information content (AvgIpc) is 2.25. The van der Waals surface area contributed by atoms with Crippen LogP contribution in [-0.2, 0) is 9.53 Å². The molecule has 0 radical (unpaired) electrons. The van der Waals surface area contributed by atoms with Gasteiger partial charge in [-0.1, -0.05) is 13.8 Å². The number of halogens is 2. The predicted octanol–water partition coefficient (Wildman–Crippen LogP) is 4.52. The maximum Gasteiger partial charge on any atom is 0.319 e. The lowest BCUT2D eigenvalue weighted by Gasteiger charge is -2.19. The first-order chi connectivity index (χ1) is 8.82. The Labute approximate surface area is 119 Å². The highest BCUT2D eigenvalue weighted by atomic mass is 32.2. The summed E-state index contributed by atoms with van der Waals surface area (Å²) in [6, 6.07) is 0.